The molecule has 0 N–H and O–H groups in total. The third-order valence-electron chi connectivity index (χ3n) is 11.7. The van der Waals surface area contributed by atoms with E-state index in [-0.39, 0.29) is 11.1 Å². The summed E-state index contributed by atoms with van der Waals surface area (Å²) >= 11 is 0. The first-order chi connectivity index (χ1) is 26.5. The maximum absolute atomic E-state index is 15.1. The van der Waals surface area contributed by atoms with Crippen LogP contribution in [0.15, 0.2) is 107 Å². The smallest absolute Gasteiger partial charge is 0.264 e. The van der Waals surface area contributed by atoms with Gasteiger partial charge in [0.2, 0.25) is 0 Å². The van der Waals surface area contributed by atoms with Crippen LogP contribution < -0.4 is 20.6 Å². The van der Waals surface area contributed by atoms with Gasteiger partial charge in [-0.2, -0.15) is 0 Å². The van der Waals surface area contributed by atoms with Crippen molar-refractivity contribution in [2.75, 3.05) is 13.2 Å². The quantitative estimate of drug-likeness (QED) is 0.0998. The van der Waals surface area contributed by atoms with Crippen LogP contribution in [0.5, 0.6) is 11.5 Å². The average Bonchev–Trinajstić information content (AvgIpc) is 3.73. The number of nitrogens with zero attached hydrogens (tertiary/aromatic N) is 2. The molecular weight excluding hydrogens is 669 g/mol. The van der Waals surface area contributed by atoms with E-state index >= 15 is 9.59 Å². The first-order valence-electron chi connectivity index (χ1n) is 20.1. The van der Waals surface area contributed by atoms with E-state index in [4.69, 9.17) is 9.47 Å². The molecule has 4 aromatic heterocycles. The van der Waals surface area contributed by atoms with Crippen molar-refractivity contribution < 1.29 is 9.47 Å². The van der Waals surface area contributed by atoms with Crippen molar-refractivity contribution >= 4 is 43.6 Å². The van der Waals surface area contributed by atoms with Gasteiger partial charge in [0.15, 0.2) is 0 Å². The summed E-state index contributed by atoms with van der Waals surface area (Å²) in [6, 6.07) is 31.8. The molecule has 4 heterocycles. The van der Waals surface area contributed by atoms with Crippen molar-refractivity contribution in [1.29, 1.82) is 0 Å². The molecule has 2 atom stereocenters. The minimum absolute atomic E-state index is 0.104. The van der Waals surface area contributed by atoms with Crippen molar-refractivity contribution in [2.24, 2.45) is 11.8 Å². The van der Waals surface area contributed by atoms with Gasteiger partial charge in [0.25, 0.3) is 11.1 Å². The Morgan fingerprint density at radius 1 is 0.519 bits per heavy atom. The summed E-state index contributed by atoms with van der Waals surface area (Å²) in [7, 11) is 0. The number of hydrogen-bond acceptors (Lipinski definition) is 4. The molecule has 0 aliphatic carbocycles. The maximum Gasteiger partial charge on any atom is 0.264 e. The molecule has 0 saturated heterocycles. The van der Waals surface area contributed by atoms with Crippen LogP contribution in [0.3, 0.4) is 0 Å². The molecule has 0 fully saturated rings. The number of hydrogen-bond donors (Lipinski definition) is 0. The minimum atomic E-state index is -0.104. The standard InChI is InChI=1S/C48H50N2O4/c1-5-9-15-31(7-3)29-53-35-25-21-33(22-26-35)41-43-37-17-11-13-19-39(37)50-45(43)46-44(38-18-12-14-20-40(38)49(46)47(41)51)42(48(50)52)34-23-27-36(28-24-34)54-30-32(8-4)16-10-6-2/h11-14,17-28,31-32H,5-10,15-16,29-30H2,1-4H3. The van der Waals surface area contributed by atoms with Crippen molar-refractivity contribution in [3.8, 4) is 33.8 Å². The molecule has 54 heavy (non-hydrogen) atoms. The maximum atomic E-state index is 15.1. The SMILES string of the molecule is CCCCC(CC)COc1ccc(-c2c(=O)n3c4ccccc4c4c(-c5ccc(OCC(CC)CCCC)cc5)c(=O)n5c6ccccc6c2c5c43)cc1. The van der Waals surface area contributed by atoms with Crippen LogP contribution in [0.4, 0.5) is 0 Å². The van der Waals surface area contributed by atoms with E-state index in [2.05, 4.69) is 27.7 Å². The van der Waals surface area contributed by atoms with Gasteiger partial charge in [-0.05, 0) is 72.2 Å². The lowest BCUT2D eigenvalue weighted by Gasteiger charge is -2.16. The van der Waals surface area contributed by atoms with Gasteiger partial charge in [0.05, 0.1) is 46.4 Å². The van der Waals surface area contributed by atoms with E-state index in [1.54, 1.807) is 0 Å². The summed E-state index contributed by atoms with van der Waals surface area (Å²) in [6.07, 6.45) is 9.27. The molecule has 0 aliphatic rings. The zero-order chi connectivity index (χ0) is 37.3. The Morgan fingerprint density at radius 3 is 1.28 bits per heavy atom. The summed E-state index contributed by atoms with van der Waals surface area (Å²) in [5.74, 6) is 2.63. The molecule has 0 radical (unpaired) electrons. The number of unbranched alkanes of at least 4 members (excludes halogenated alkanes) is 2. The Morgan fingerprint density at radius 2 is 0.907 bits per heavy atom. The fourth-order valence-corrected chi connectivity index (χ4v) is 8.49. The highest BCUT2D eigenvalue weighted by Gasteiger charge is 2.29. The second kappa shape index (κ2) is 15.2. The second-order valence-corrected chi connectivity index (χ2v) is 15.0. The third kappa shape index (κ3) is 6.06. The van der Waals surface area contributed by atoms with Gasteiger partial charge in [-0.15, -0.1) is 0 Å². The molecule has 276 valence electrons. The minimum Gasteiger partial charge on any atom is -0.493 e. The Hall–Kier alpha value is -5.36. The van der Waals surface area contributed by atoms with E-state index in [0.717, 1.165) is 91.9 Å². The largest absolute Gasteiger partial charge is 0.493 e. The van der Waals surface area contributed by atoms with Crippen molar-refractivity contribution in [3.63, 3.8) is 0 Å². The van der Waals surface area contributed by atoms with Gasteiger partial charge >= 0.3 is 0 Å². The highest BCUT2D eigenvalue weighted by atomic mass is 16.5. The number of aromatic nitrogens is 2. The van der Waals surface area contributed by atoms with Crippen LogP contribution in [0.1, 0.15) is 79.1 Å². The molecule has 6 nitrogen and oxygen atoms in total. The second-order valence-electron chi connectivity index (χ2n) is 15.0. The Balaban J connectivity index is 1.30. The Bertz CT molecular complexity index is 2470. The molecule has 0 spiro atoms. The summed E-state index contributed by atoms with van der Waals surface area (Å²) in [5, 5.41) is 3.37. The van der Waals surface area contributed by atoms with Crippen LogP contribution in [0.2, 0.25) is 0 Å². The van der Waals surface area contributed by atoms with E-state index in [0.29, 0.717) is 36.2 Å². The first-order valence-corrected chi connectivity index (χ1v) is 20.1. The summed E-state index contributed by atoms with van der Waals surface area (Å²) < 4.78 is 16.2. The number of rotatable bonds is 16. The number of ether oxygens (including phenoxy) is 2. The predicted octanol–water partition coefficient (Wildman–Crippen LogP) is 11.8. The average molecular weight is 719 g/mol. The molecule has 2 unspecified atom stereocenters. The zero-order valence-electron chi connectivity index (χ0n) is 32.0. The normalized spacial score (nSPS) is 13.2. The van der Waals surface area contributed by atoms with Crippen LogP contribution >= 0.6 is 0 Å². The number of para-hydroxylation sites is 2. The number of benzene rings is 4. The first kappa shape index (κ1) is 35.7. The lowest BCUT2D eigenvalue weighted by atomic mass is 9.97. The van der Waals surface area contributed by atoms with E-state index in [1.807, 2.05) is 106 Å². The summed E-state index contributed by atoms with van der Waals surface area (Å²) in [6.45, 7) is 10.3. The number of pyridine rings is 2. The zero-order valence-corrected chi connectivity index (χ0v) is 32.0. The summed E-state index contributed by atoms with van der Waals surface area (Å²) in [5.41, 5.74) is 5.67. The van der Waals surface area contributed by atoms with Gasteiger partial charge in [-0.25, -0.2) is 0 Å². The van der Waals surface area contributed by atoms with Gasteiger partial charge in [0, 0.05) is 21.5 Å². The van der Waals surface area contributed by atoms with Crippen molar-refractivity contribution in [3.05, 3.63) is 118 Å². The molecule has 8 rings (SSSR count). The fourth-order valence-electron chi connectivity index (χ4n) is 8.49. The molecule has 6 heteroatoms. The van der Waals surface area contributed by atoms with Crippen molar-refractivity contribution in [1.82, 2.24) is 8.80 Å². The lowest BCUT2D eigenvalue weighted by molar-refractivity contribution is 0.233. The van der Waals surface area contributed by atoms with E-state index < -0.39 is 0 Å². The van der Waals surface area contributed by atoms with Crippen LogP contribution in [-0.4, -0.2) is 22.0 Å². The van der Waals surface area contributed by atoms with E-state index in [1.165, 1.54) is 25.7 Å². The van der Waals surface area contributed by atoms with Gasteiger partial charge in [-0.3, -0.25) is 18.4 Å². The Labute approximate surface area is 316 Å². The van der Waals surface area contributed by atoms with Crippen LogP contribution in [0.25, 0.3) is 65.9 Å². The van der Waals surface area contributed by atoms with Gasteiger partial charge in [-0.1, -0.05) is 127 Å². The highest BCUT2D eigenvalue weighted by molar-refractivity contribution is 6.28. The van der Waals surface area contributed by atoms with Crippen LogP contribution in [-0.2, 0) is 0 Å². The molecule has 8 aromatic rings. The molecule has 0 aliphatic heterocycles. The molecule has 0 amide bonds. The topological polar surface area (TPSA) is 61.4 Å². The summed E-state index contributed by atoms with van der Waals surface area (Å²) in [4.78, 5) is 30.2. The van der Waals surface area contributed by atoms with Gasteiger partial charge in [0.1, 0.15) is 11.5 Å². The monoisotopic (exact) mass is 718 g/mol. The van der Waals surface area contributed by atoms with Crippen molar-refractivity contribution in [2.45, 2.75) is 79.1 Å². The lowest BCUT2D eigenvalue weighted by Crippen LogP contribution is -2.20. The van der Waals surface area contributed by atoms with Gasteiger partial charge < -0.3 is 9.47 Å². The molecular formula is C48H50N2O4. The van der Waals surface area contributed by atoms with Crippen LogP contribution in [0, 0.1) is 11.8 Å². The molecule has 0 bridgehead atoms. The highest BCUT2D eigenvalue weighted by Crippen LogP contribution is 2.43. The molecule has 4 aromatic carbocycles. The molecule has 0 saturated carbocycles. The fraction of sp³-hybridized carbons (Fsp3) is 0.333. The predicted molar refractivity (Wildman–Crippen MR) is 224 cm³/mol. The van der Waals surface area contributed by atoms with E-state index in [9.17, 15) is 0 Å². The third-order valence-corrected chi connectivity index (χ3v) is 11.7. The number of fused-ring (bicyclic) bond motifs is 6. The Kier molecular flexibility index (Phi) is 10.0.